The Balaban J connectivity index is 0.838. The van der Waals surface area contributed by atoms with E-state index in [4.69, 9.17) is 42.8 Å². The molecule has 6 rings (SSSR count). The first-order valence-corrected chi connectivity index (χ1v) is 26.1. The quantitative estimate of drug-likeness (QED) is 0.0317. The minimum absolute atomic E-state index is 0.0311. The third kappa shape index (κ3) is 17.3. The number of benzene rings is 2. The van der Waals surface area contributed by atoms with E-state index in [0.717, 1.165) is 0 Å². The van der Waals surface area contributed by atoms with E-state index < -0.39 is 104 Å². The van der Waals surface area contributed by atoms with Crippen molar-refractivity contribution in [2.45, 2.75) is 63.7 Å². The largest absolute Gasteiger partial charge is 0.231 e. The maximum absolute atomic E-state index is 12.9. The van der Waals surface area contributed by atoms with Gasteiger partial charge in [-0.05, 0) is 35.4 Å². The molecule has 0 radical (unpaired) electrons. The topological polar surface area (TPSA) is 515 Å². The molecule has 4 heterocycles. The van der Waals surface area contributed by atoms with E-state index in [0.29, 0.717) is 11.1 Å². The van der Waals surface area contributed by atoms with Gasteiger partial charge in [0.25, 0.3) is 0 Å². The molecule has 2 atom stereocenters. The molecule has 0 fully saturated rings. The fourth-order valence-electron chi connectivity index (χ4n) is 6.76. The van der Waals surface area contributed by atoms with E-state index in [9.17, 15) is 58.8 Å². The smallest absolute Gasteiger partial charge is 0.187 e. The van der Waals surface area contributed by atoms with Crippen molar-refractivity contribution in [2.24, 2.45) is 11.0 Å². The Morgan fingerprint density at radius 2 is 0.936 bits per heavy atom. The number of hydrogen-bond donors (Lipinski definition) is 14. The zero-order valence-corrected chi connectivity index (χ0v) is 42.2. The summed E-state index contributed by atoms with van der Waals surface area (Å²) < 4.78 is 9.71. The van der Waals surface area contributed by atoms with Crippen LogP contribution in [0.1, 0.15) is 70.4 Å². The van der Waals surface area contributed by atoms with Crippen LogP contribution >= 0.6 is 18.0 Å². The molecule has 34 heteroatoms. The van der Waals surface area contributed by atoms with Gasteiger partial charge in [-0.1, -0.05) is 24.3 Å². The molecule has 0 aliphatic rings. The van der Waals surface area contributed by atoms with Gasteiger partial charge in [-0.2, -0.15) is 19.9 Å². The van der Waals surface area contributed by atoms with Crippen molar-refractivity contribution < 1.29 is 67.8 Å². The van der Waals surface area contributed by atoms with E-state index in [1.54, 1.807) is 24.3 Å². The van der Waals surface area contributed by atoms with Crippen LogP contribution in [0.3, 0.4) is 0 Å². The minimum Gasteiger partial charge on any atom is -0.231 e. The summed E-state index contributed by atoms with van der Waals surface area (Å²) in [6.07, 6.45) is 0.104. The Hall–Kier alpha value is -9.52. The van der Waals surface area contributed by atoms with Crippen LogP contribution in [0.4, 0.5) is 23.5 Å². The SMILES string of the molecule is Nc1nc(O)c2nc(NCc3ccc(C(=O)NC(CCC(=O)NCCC(=O)OP(N)(N)(Cl)OC(=O)CCNC(=O)CCC(NC(=O)c4ccc(CNc5cnc6nc(N)nc(O)c6n5)cc4)C(=O)O)C(=O)O)cc3)cnc2n1. The molecule has 0 saturated carbocycles. The van der Waals surface area contributed by atoms with Crippen molar-refractivity contribution in [3.8, 4) is 11.8 Å². The Kier molecular flexibility index (Phi) is 18.8. The van der Waals surface area contributed by atoms with Crippen LogP contribution in [-0.2, 0) is 50.9 Å². The Labute approximate surface area is 443 Å². The second-order valence-corrected chi connectivity index (χ2v) is 21.0. The summed E-state index contributed by atoms with van der Waals surface area (Å²) in [5, 5.41) is 54.8. The summed E-state index contributed by atoms with van der Waals surface area (Å²) in [6, 6.07) is 9.25. The molecule has 0 saturated heterocycles. The molecule has 4 amide bonds. The summed E-state index contributed by atoms with van der Waals surface area (Å²) in [7, 11) is 0. The first kappa shape index (κ1) is 57.8. The molecule has 18 N–H and O–H groups in total. The van der Waals surface area contributed by atoms with E-state index in [-0.39, 0.29) is 96.0 Å². The van der Waals surface area contributed by atoms with Crippen LogP contribution < -0.4 is 54.4 Å². The summed E-state index contributed by atoms with van der Waals surface area (Å²) >= 11 is 6.01. The monoisotopic (exact) mass is 1120 g/mol. The second-order valence-electron chi connectivity index (χ2n) is 16.7. The zero-order valence-electron chi connectivity index (χ0n) is 40.6. The molecule has 78 heavy (non-hydrogen) atoms. The maximum Gasteiger partial charge on any atom is 0.187 e. The second kappa shape index (κ2) is 25.3. The van der Waals surface area contributed by atoms with Crippen molar-refractivity contribution in [3.63, 3.8) is 0 Å². The third-order valence-electron chi connectivity index (χ3n) is 10.6. The molecule has 4 aromatic heterocycles. The molecule has 0 spiro atoms. The van der Waals surface area contributed by atoms with Gasteiger partial charge < -0.3 is 32.3 Å². The number of amides is 4. The van der Waals surface area contributed by atoms with Crippen molar-refractivity contribution in [3.05, 3.63) is 83.2 Å². The van der Waals surface area contributed by atoms with Crippen molar-refractivity contribution in [1.82, 2.24) is 61.1 Å². The maximum atomic E-state index is 12.9. The molecule has 32 nitrogen and oxygen atoms in total. The van der Waals surface area contributed by atoms with Crippen LogP contribution in [0.5, 0.6) is 11.8 Å². The van der Waals surface area contributed by atoms with Crippen LogP contribution in [0.15, 0.2) is 60.9 Å². The van der Waals surface area contributed by atoms with E-state index in [1.807, 2.05) is 0 Å². The molecule has 0 bridgehead atoms. The Bertz CT molecular complexity index is 3050. The van der Waals surface area contributed by atoms with Gasteiger partial charge in [0, 0.05) is 13.1 Å². The predicted octanol–water partition coefficient (Wildman–Crippen LogP) is -0.0371. The van der Waals surface area contributed by atoms with Gasteiger partial charge in [-0.3, -0.25) is 0 Å². The van der Waals surface area contributed by atoms with Gasteiger partial charge in [0.2, 0.25) is 23.7 Å². The average Bonchev–Trinajstić information content (AvgIpc) is 3.38. The van der Waals surface area contributed by atoms with E-state index in [2.05, 4.69) is 71.8 Å². The number of fused-ring (bicyclic) bond motifs is 2. The van der Waals surface area contributed by atoms with Gasteiger partial charge in [-0.15, -0.1) is 0 Å². The first-order chi connectivity index (χ1) is 36.9. The number of aliphatic carboxylic acids is 2. The molecule has 0 aliphatic carbocycles. The number of nitrogens with two attached hydrogens (primary N) is 4. The third-order valence-corrected chi connectivity index (χ3v) is 12.1. The number of carboxylic acids is 2. The number of hydrogen-bond acceptors (Lipinski definition) is 26. The fraction of sp³-hybridized carbons (Fsp3) is 0.273. The number of halogens is 1. The number of nitrogens with one attached hydrogen (secondary N) is 6. The molecular weight excluding hydrogens is 1070 g/mol. The van der Waals surface area contributed by atoms with Crippen LogP contribution in [0.2, 0.25) is 0 Å². The van der Waals surface area contributed by atoms with Crippen LogP contribution in [0, 0.1) is 0 Å². The number of carbonyl (C=O) groups is 8. The molecule has 6 aromatic rings. The molecule has 412 valence electrons. The number of anilines is 4. The first-order valence-electron chi connectivity index (χ1n) is 22.9. The normalized spacial score (nSPS) is 12.4. The zero-order chi connectivity index (χ0) is 56.8. The fourth-order valence-corrected chi connectivity index (χ4v) is 8.23. The van der Waals surface area contributed by atoms with Gasteiger partial charge in [0.15, 0.2) is 22.3 Å². The number of carboxylic acid groups (broad SMARTS) is 2. The van der Waals surface area contributed by atoms with E-state index >= 15 is 0 Å². The Morgan fingerprint density at radius 1 is 0.564 bits per heavy atom. The van der Waals surface area contributed by atoms with Crippen molar-refractivity contribution >= 4 is 111 Å². The van der Waals surface area contributed by atoms with Crippen molar-refractivity contribution in [1.29, 1.82) is 0 Å². The van der Waals surface area contributed by atoms with Crippen molar-refractivity contribution in [2.75, 3.05) is 35.2 Å². The number of nitrogens with zero attached hydrogens (tertiary/aromatic N) is 8. The van der Waals surface area contributed by atoms with Crippen LogP contribution in [0.25, 0.3) is 22.3 Å². The van der Waals surface area contributed by atoms with Gasteiger partial charge >= 0.3 is 230 Å². The number of aromatic nitrogens is 8. The summed E-state index contributed by atoms with van der Waals surface area (Å²) in [6.45, 7) is -5.73. The molecule has 0 aliphatic heterocycles. The predicted molar refractivity (Wildman–Crippen MR) is 275 cm³/mol. The summed E-state index contributed by atoms with van der Waals surface area (Å²) in [5.41, 5.74) is 24.4. The number of rotatable bonds is 26. The summed E-state index contributed by atoms with van der Waals surface area (Å²) in [4.78, 5) is 131. The van der Waals surface area contributed by atoms with Gasteiger partial charge in [0.05, 0.1) is 12.4 Å². The number of aromatic hydroxyl groups is 2. The van der Waals surface area contributed by atoms with Gasteiger partial charge in [0.1, 0.15) is 11.6 Å². The molecule has 2 unspecified atom stereocenters. The van der Waals surface area contributed by atoms with Gasteiger partial charge in [-0.25, -0.2) is 19.9 Å². The Morgan fingerprint density at radius 3 is 1.29 bits per heavy atom. The van der Waals surface area contributed by atoms with Crippen LogP contribution in [-0.4, -0.2) is 133 Å². The standard InChI is InChI=1S/C44H50ClN18O14P/c45-78(48,49,76-31(66)13-15-50-29(64)11-9-25(41(72)73)56-37(68)23-5-1-21(2-6-23)17-52-27-19-54-35-33(58-27)39(70)62-43(46)60-35)77-32(67)14-16-51-30(65)12-10-26(42(74)75)57-38(69)24-7-3-22(4-8-24)18-53-28-20-55-36-34(59-28)40(71)63-44(47)61-36/h1-8,19-20,25-26H,9-18,48-49H2,(H,50,64)(H,51,65)(H,52,58)(H,53,59)(H,56,68)(H,57,69)(H,72,73)(H,74,75)(H3,46,54,60,62,70)(H3,47,55,61,63,71). The number of nitrogen functional groups attached to an aromatic ring is 2. The molecular formula is C44H50ClN18O14P. The minimum atomic E-state index is -5.42. The summed E-state index contributed by atoms with van der Waals surface area (Å²) in [5.74, 6) is -8.78. The molecule has 2 aromatic carbocycles. The van der Waals surface area contributed by atoms with E-state index in [1.165, 1.54) is 36.7 Å². The number of carbonyl (C=O) groups excluding carboxylic acids is 6. The average molecular weight is 1120 g/mol.